The fourth-order valence-electron chi connectivity index (χ4n) is 3.51. The summed E-state index contributed by atoms with van der Waals surface area (Å²) >= 11 is 0. The number of hydrogen-bond acceptors (Lipinski definition) is 6. The molecule has 2 aromatic heterocycles. The van der Waals surface area contributed by atoms with Crippen LogP contribution in [0.3, 0.4) is 0 Å². The summed E-state index contributed by atoms with van der Waals surface area (Å²) < 4.78 is 5.86. The van der Waals surface area contributed by atoms with Crippen molar-refractivity contribution in [2.24, 2.45) is 5.92 Å². The molecule has 148 valence electrons. The Hall–Kier alpha value is -3.35. The van der Waals surface area contributed by atoms with Gasteiger partial charge in [0.15, 0.2) is 0 Å². The predicted molar refractivity (Wildman–Crippen MR) is 110 cm³/mol. The van der Waals surface area contributed by atoms with E-state index in [0.717, 1.165) is 48.3 Å². The van der Waals surface area contributed by atoms with Crippen LogP contribution in [0.15, 0.2) is 47.0 Å². The quantitative estimate of drug-likeness (QED) is 0.675. The highest BCUT2D eigenvalue weighted by molar-refractivity contribution is 5.82. The lowest BCUT2D eigenvalue weighted by atomic mass is 10.0. The lowest BCUT2D eigenvalue weighted by molar-refractivity contribution is -0.132. The van der Waals surface area contributed by atoms with E-state index in [4.69, 9.17) is 9.40 Å². The molecule has 0 radical (unpaired) electrons. The van der Waals surface area contributed by atoms with E-state index in [9.17, 15) is 4.79 Å². The van der Waals surface area contributed by atoms with Gasteiger partial charge in [0.1, 0.15) is 5.69 Å². The minimum absolute atomic E-state index is 0. The number of carbonyl (C=O) groups is 1. The van der Waals surface area contributed by atoms with Crippen molar-refractivity contribution in [3.63, 3.8) is 0 Å². The van der Waals surface area contributed by atoms with E-state index in [1.165, 1.54) is 0 Å². The fraction of sp³-hybridized carbons (Fsp3) is 0.318. The second-order valence-electron chi connectivity index (χ2n) is 7.51. The average molecular weight is 389 g/mol. The maximum absolute atomic E-state index is 12.2. The summed E-state index contributed by atoms with van der Waals surface area (Å²) in [5, 5.41) is 8.33. The third-order valence-electron chi connectivity index (χ3n) is 5.38. The monoisotopic (exact) mass is 389 g/mol. The molecule has 7 heteroatoms. The van der Waals surface area contributed by atoms with Crippen LogP contribution < -0.4 is 0 Å². The molecule has 0 spiro atoms. The Morgan fingerprint density at radius 2 is 1.97 bits per heavy atom. The molecule has 1 aromatic carbocycles. The van der Waals surface area contributed by atoms with Gasteiger partial charge in [-0.15, -0.1) is 10.2 Å². The highest BCUT2D eigenvalue weighted by atomic mass is 16.4. The molecule has 29 heavy (non-hydrogen) atoms. The number of aromatic nitrogens is 4. The van der Waals surface area contributed by atoms with Crippen LogP contribution in [0.1, 0.15) is 32.1 Å². The molecule has 5 rings (SSSR count). The smallest absolute Gasteiger partial charge is 0.268 e. The maximum Gasteiger partial charge on any atom is 0.268 e. The van der Waals surface area contributed by atoms with E-state index in [2.05, 4.69) is 21.3 Å². The van der Waals surface area contributed by atoms with Crippen LogP contribution in [0.2, 0.25) is 0 Å². The third kappa shape index (κ3) is 3.55. The van der Waals surface area contributed by atoms with Gasteiger partial charge in [0.25, 0.3) is 5.89 Å². The summed E-state index contributed by atoms with van der Waals surface area (Å²) in [5.41, 5.74) is 4.09. The number of hydrogen-bond donors (Lipinski definition) is 0. The summed E-state index contributed by atoms with van der Waals surface area (Å²) in [6.45, 7) is 3.24. The second-order valence-corrected chi connectivity index (χ2v) is 7.51. The van der Waals surface area contributed by atoms with Gasteiger partial charge in [-0.2, -0.15) is 0 Å². The molecule has 1 amide bonds. The van der Waals surface area contributed by atoms with E-state index in [-0.39, 0.29) is 13.3 Å². The molecule has 1 fully saturated rings. The van der Waals surface area contributed by atoms with Gasteiger partial charge in [-0.25, -0.2) is 4.98 Å². The summed E-state index contributed by atoms with van der Waals surface area (Å²) in [5.74, 6) is 1.36. The van der Waals surface area contributed by atoms with Gasteiger partial charge in [-0.05, 0) is 43.9 Å². The number of rotatable bonds is 4. The van der Waals surface area contributed by atoms with Crippen molar-refractivity contribution in [3.8, 4) is 23.0 Å². The van der Waals surface area contributed by atoms with Crippen molar-refractivity contribution >= 4 is 11.5 Å². The summed E-state index contributed by atoms with van der Waals surface area (Å²) in [7, 11) is 0. The minimum Gasteiger partial charge on any atom is -0.415 e. The third-order valence-corrected chi connectivity index (χ3v) is 5.38. The van der Waals surface area contributed by atoms with Crippen LogP contribution in [0.25, 0.3) is 28.6 Å². The Morgan fingerprint density at radius 3 is 2.69 bits per heavy atom. The van der Waals surface area contributed by atoms with Crippen LogP contribution in [-0.4, -0.2) is 44.1 Å². The molecule has 0 saturated heterocycles. The van der Waals surface area contributed by atoms with Crippen LogP contribution in [0, 0.1) is 12.8 Å². The first-order valence-corrected chi connectivity index (χ1v) is 9.90. The number of nitrogens with zero attached hydrogens (tertiary/aromatic N) is 5. The summed E-state index contributed by atoms with van der Waals surface area (Å²) in [6, 6.07) is 9.65. The zero-order chi connectivity index (χ0) is 19.8. The average Bonchev–Trinajstić information content (AvgIpc) is 3.51. The van der Waals surface area contributed by atoms with Gasteiger partial charge >= 0.3 is 0 Å². The molecular weight excluding hydrogens is 366 g/mol. The molecule has 0 atom stereocenters. The normalized spacial score (nSPS) is 16.6. The highest BCUT2D eigenvalue weighted by Crippen LogP contribution is 2.33. The van der Waals surface area contributed by atoms with Crippen molar-refractivity contribution < 1.29 is 10.6 Å². The Morgan fingerprint density at radius 1 is 1.17 bits per heavy atom. The first-order valence-electron chi connectivity index (χ1n) is 9.90. The lowest BCUT2D eigenvalue weighted by Gasteiger charge is -2.26. The van der Waals surface area contributed by atoms with Gasteiger partial charge in [0, 0.05) is 26.0 Å². The van der Waals surface area contributed by atoms with Crippen LogP contribution >= 0.6 is 0 Å². The highest BCUT2D eigenvalue weighted by Gasteiger charge is 2.33. The molecular formula is C22H23N5O2. The van der Waals surface area contributed by atoms with Crippen LogP contribution in [0.4, 0.5) is 0 Å². The van der Waals surface area contributed by atoms with E-state index in [0.29, 0.717) is 24.0 Å². The van der Waals surface area contributed by atoms with E-state index in [1.807, 2.05) is 42.2 Å². The SMILES string of the molecule is Cc1ncc(C2=CCN(C(=O)C3CC3)CC2)nc1-c1nnc(-c2ccccc2)o1.[HH]. The number of amides is 1. The van der Waals surface area contributed by atoms with Crippen molar-refractivity contribution in [2.45, 2.75) is 26.2 Å². The topological polar surface area (TPSA) is 85.0 Å². The molecule has 1 saturated carbocycles. The van der Waals surface area contributed by atoms with Gasteiger partial charge < -0.3 is 9.32 Å². The Kier molecular flexibility index (Phi) is 4.42. The first-order chi connectivity index (χ1) is 14.2. The number of aryl methyl sites for hydroxylation is 1. The fourth-order valence-corrected chi connectivity index (χ4v) is 3.51. The zero-order valence-electron chi connectivity index (χ0n) is 16.2. The Labute approximate surface area is 170 Å². The predicted octanol–water partition coefficient (Wildman–Crippen LogP) is 3.77. The summed E-state index contributed by atoms with van der Waals surface area (Å²) in [4.78, 5) is 23.4. The molecule has 7 nitrogen and oxygen atoms in total. The van der Waals surface area contributed by atoms with Gasteiger partial charge in [-0.1, -0.05) is 24.3 Å². The van der Waals surface area contributed by atoms with Crippen LogP contribution in [-0.2, 0) is 4.79 Å². The molecule has 1 aliphatic heterocycles. The number of benzene rings is 1. The molecule has 3 aromatic rings. The zero-order valence-corrected chi connectivity index (χ0v) is 16.2. The Balaban J connectivity index is 0.00000218. The van der Waals surface area contributed by atoms with E-state index < -0.39 is 0 Å². The van der Waals surface area contributed by atoms with Gasteiger partial charge in [0.05, 0.1) is 17.6 Å². The van der Waals surface area contributed by atoms with Crippen LogP contribution in [0.5, 0.6) is 0 Å². The second kappa shape index (κ2) is 7.24. The van der Waals surface area contributed by atoms with Crippen molar-refractivity contribution in [1.82, 2.24) is 25.1 Å². The molecule has 0 bridgehead atoms. The van der Waals surface area contributed by atoms with E-state index >= 15 is 0 Å². The Bertz CT molecular complexity index is 1090. The minimum atomic E-state index is 0. The molecule has 3 heterocycles. The van der Waals surface area contributed by atoms with Gasteiger partial charge in [-0.3, -0.25) is 9.78 Å². The summed E-state index contributed by atoms with van der Waals surface area (Å²) in [6.07, 6.45) is 6.70. The molecule has 0 N–H and O–H groups in total. The first kappa shape index (κ1) is 17.7. The molecule has 2 aliphatic rings. The standard InChI is InChI=1S/C22H21N5O2.H2/c1-14-19(21-26-25-20(29-21)16-5-3-2-4-6-16)24-18(13-23-14)15-9-11-27(12-10-15)22(28)17-7-8-17;/h2-6,9,13,17H,7-8,10-12H2,1H3;1H. The molecule has 1 aliphatic carbocycles. The largest absolute Gasteiger partial charge is 0.415 e. The number of carbonyl (C=O) groups excluding carboxylic acids is 1. The van der Waals surface area contributed by atoms with Gasteiger partial charge in [0.2, 0.25) is 11.8 Å². The van der Waals surface area contributed by atoms with Crippen molar-refractivity contribution in [2.75, 3.05) is 13.1 Å². The van der Waals surface area contributed by atoms with E-state index in [1.54, 1.807) is 6.20 Å². The maximum atomic E-state index is 12.2. The molecule has 0 unspecified atom stereocenters. The van der Waals surface area contributed by atoms with Crippen molar-refractivity contribution in [1.29, 1.82) is 0 Å². The van der Waals surface area contributed by atoms with Crippen molar-refractivity contribution in [3.05, 3.63) is 54.0 Å². The lowest BCUT2D eigenvalue weighted by Crippen LogP contribution is -2.35.